The summed E-state index contributed by atoms with van der Waals surface area (Å²) in [6.45, 7) is 0. The highest BCUT2D eigenvalue weighted by atomic mass is 16.5. The molecule has 0 N–H and O–H groups in total. The summed E-state index contributed by atoms with van der Waals surface area (Å²) in [6.07, 6.45) is 6.53. The third kappa shape index (κ3) is 0.991. The van der Waals surface area contributed by atoms with Gasteiger partial charge in [-0.25, -0.2) is 0 Å². The van der Waals surface area contributed by atoms with Gasteiger partial charge in [-0.1, -0.05) is 12.2 Å². The van der Waals surface area contributed by atoms with Crippen LogP contribution in [0.4, 0.5) is 0 Å². The molecule has 0 aliphatic carbocycles. The minimum atomic E-state index is 0.0972. The molecule has 2 atom stereocenters. The Morgan fingerprint density at radius 1 is 1.50 bits per heavy atom. The summed E-state index contributed by atoms with van der Waals surface area (Å²) in [5.41, 5.74) is 0. The zero-order chi connectivity index (χ0) is 6.97. The molecule has 54 valence electrons. The first-order chi connectivity index (χ1) is 4.84. The average Bonchev–Trinajstić information content (AvgIpc) is 1.85. The van der Waals surface area contributed by atoms with Crippen molar-refractivity contribution in [2.75, 3.05) is 0 Å². The lowest BCUT2D eigenvalue weighted by Crippen LogP contribution is -2.33. The maximum absolute atomic E-state index is 11.0. The van der Waals surface area contributed by atoms with Crippen LogP contribution in [-0.4, -0.2) is 18.0 Å². The lowest BCUT2D eigenvalue weighted by atomic mass is 9.96. The van der Waals surface area contributed by atoms with Crippen molar-refractivity contribution in [3.63, 3.8) is 0 Å². The summed E-state index contributed by atoms with van der Waals surface area (Å²) >= 11 is 0. The van der Waals surface area contributed by atoms with E-state index >= 15 is 0 Å². The van der Waals surface area contributed by atoms with Crippen LogP contribution in [0, 0.1) is 0 Å². The molecule has 10 heavy (non-hydrogen) atoms. The van der Waals surface area contributed by atoms with Crippen molar-refractivity contribution in [2.45, 2.75) is 31.5 Å². The second-order valence-electron chi connectivity index (χ2n) is 2.91. The number of hydrogen-bond donors (Lipinski definition) is 0. The van der Waals surface area contributed by atoms with Crippen molar-refractivity contribution in [3.8, 4) is 0 Å². The molecule has 2 aliphatic heterocycles. The number of rotatable bonds is 0. The molecule has 0 aromatic rings. The predicted octanol–water partition coefficient (Wildman–Crippen LogP) is 1.06. The lowest BCUT2D eigenvalue weighted by Gasteiger charge is -2.29. The van der Waals surface area contributed by atoms with Crippen molar-refractivity contribution < 1.29 is 9.53 Å². The molecule has 1 saturated heterocycles. The summed E-state index contributed by atoms with van der Waals surface area (Å²) < 4.78 is 5.48. The molecule has 2 bridgehead atoms. The Bertz CT molecular complexity index is 184. The van der Waals surface area contributed by atoms with Crippen LogP contribution in [-0.2, 0) is 9.53 Å². The second kappa shape index (κ2) is 2.20. The first-order valence-corrected chi connectivity index (χ1v) is 3.68. The number of fused-ring (bicyclic) bond motifs is 2. The molecular weight excluding hydrogens is 128 g/mol. The number of Topliss-reactive ketones (excluding diaryl/α,β-unsaturated/α-hetero) is 1. The molecule has 2 heterocycles. The van der Waals surface area contributed by atoms with Crippen molar-refractivity contribution in [2.24, 2.45) is 0 Å². The van der Waals surface area contributed by atoms with Gasteiger partial charge in [-0.15, -0.1) is 0 Å². The summed E-state index contributed by atoms with van der Waals surface area (Å²) in [4.78, 5) is 11.0. The van der Waals surface area contributed by atoms with Gasteiger partial charge in [-0.2, -0.15) is 0 Å². The summed E-state index contributed by atoms with van der Waals surface area (Å²) in [6, 6.07) is 0. The third-order valence-corrected chi connectivity index (χ3v) is 2.00. The normalized spacial score (nSPS) is 38.2. The van der Waals surface area contributed by atoms with Gasteiger partial charge in [0.25, 0.3) is 0 Å². The SMILES string of the molecule is O=C1CC2C=CCC(C1)O2. The average molecular weight is 138 g/mol. The van der Waals surface area contributed by atoms with Crippen LogP contribution in [0.15, 0.2) is 12.2 Å². The molecule has 0 radical (unpaired) electrons. The van der Waals surface area contributed by atoms with Crippen molar-refractivity contribution in [3.05, 3.63) is 12.2 Å². The Hall–Kier alpha value is -0.630. The van der Waals surface area contributed by atoms with E-state index in [1.54, 1.807) is 0 Å². The highest BCUT2D eigenvalue weighted by Gasteiger charge is 2.27. The maximum atomic E-state index is 11.0. The van der Waals surface area contributed by atoms with Gasteiger partial charge >= 0.3 is 0 Å². The molecule has 0 aromatic heterocycles. The summed E-state index contributed by atoms with van der Waals surface area (Å²) in [7, 11) is 0. The number of carbonyl (C=O) groups excluding carboxylic acids is 1. The van der Waals surface area contributed by atoms with Gasteiger partial charge in [0, 0.05) is 12.8 Å². The molecule has 0 aromatic carbocycles. The molecule has 1 fully saturated rings. The Kier molecular flexibility index (Phi) is 1.34. The van der Waals surface area contributed by atoms with Gasteiger partial charge in [0.05, 0.1) is 12.2 Å². The van der Waals surface area contributed by atoms with Gasteiger partial charge in [-0.05, 0) is 6.42 Å². The van der Waals surface area contributed by atoms with Crippen molar-refractivity contribution in [1.29, 1.82) is 0 Å². The van der Waals surface area contributed by atoms with Gasteiger partial charge in [0.1, 0.15) is 5.78 Å². The highest BCUT2D eigenvalue weighted by molar-refractivity contribution is 5.80. The van der Waals surface area contributed by atoms with E-state index in [9.17, 15) is 4.79 Å². The van der Waals surface area contributed by atoms with Crippen LogP contribution in [0.5, 0.6) is 0 Å². The molecule has 2 nitrogen and oxygen atoms in total. The fourth-order valence-electron chi connectivity index (χ4n) is 1.54. The van der Waals surface area contributed by atoms with E-state index in [0.717, 1.165) is 6.42 Å². The van der Waals surface area contributed by atoms with E-state index in [4.69, 9.17) is 4.74 Å². The minimum absolute atomic E-state index is 0.0972. The van der Waals surface area contributed by atoms with Gasteiger partial charge in [0.2, 0.25) is 0 Å². The van der Waals surface area contributed by atoms with Crippen molar-refractivity contribution >= 4 is 5.78 Å². The van der Waals surface area contributed by atoms with E-state index in [2.05, 4.69) is 6.08 Å². The standard InChI is InChI=1S/C8H10O2/c9-6-4-7-2-1-3-8(5-6)10-7/h1-2,7-8H,3-5H2. The zero-order valence-corrected chi connectivity index (χ0v) is 5.75. The van der Waals surface area contributed by atoms with Gasteiger partial charge < -0.3 is 4.74 Å². The first kappa shape index (κ1) is 6.10. The molecule has 0 saturated carbocycles. The predicted molar refractivity (Wildman–Crippen MR) is 36.7 cm³/mol. The number of ketones is 1. The van der Waals surface area contributed by atoms with Crippen LogP contribution in [0.3, 0.4) is 0 Å². The summed E-state index contributed by atoms with van der Waals surface area (Å²) in [5, 5.41) is 0. The van der Waals surface area contributed by atoms with Crippen LogP contribution in [0.25, 0.3) is 0 Å². The molecular formula is C8H10O2. The molecule has 2 unspecified atom stereocenters. The van der Waals surface area contributed by atoms with E-state index in [1.165, 1.54) is 0 Å². The number of carbonyl (C=O) groups is 1. The molecule has 0 amide bonds. The fraction of sp³-hybridized carbons (Fsp3) is 0.625. The molecule has 2 rings (SSSR count). The minimum Gasteiger partial charge on any atom is -0.370 e. The Balaban J connectivity index is 2.16. The third-order valence-electron chi connectivity index (χ3n) is 2.00. The van der Waals surface area contributed by atoms with Gasteiger partial charge in [-0.3, -0.25) is 4.79 Å². The fourth-order valence-corrected chi connectivity index (χ4v) is 1.54. The maximum Gasteiger partial charge on any atom is 0.138 e. The highest BCUT2D eigenvalue weighted by Crippen LogP contribution is 2.23. The van der Waals surface area contributed by atoms with E-state index in [-0.39, 0.29) is 12.2 Å². The molecule has 2 aliphatic rings. The van der Waals surface area contributed by atoms with E-state index in [0.29, 0.717) is 18.6 Å². The Morgan fingerprint density at radius 3 is 3.20 bits per heavy atom. The largest absolute Gasteiger partial charge is 0.370 e. The van der Waals surface area contributed by atoms with Crippen LogP contribution >= 0.6 is 0 Å². The van der Waals surface area contributed by atoms with Crippen molar-refractivity contribution in [1.82, 2.24) is 0 Å². The lowest BCUT2D eigenvalue weighted by molar-refractivity contribution is -0.132. The van der Waals surface area contributed by atoms with Crippen LogP contribution in [0.1, 0.15) is 19.3 Å². The smallest absolute Gasteiger partial charge is 0.138 e. The molecule has 0 spiro atoms. The monoisotopic (exact) mass is 138 g/mol. The van der Waals surface area contributed by atoms with Gasteiger partial charge in [0.15, 0.2) is 0 Å². The first-order valence-electron chi connectivity index (χ1n) is 3.68. The van der Waals surface area contributed by atoms with E-state index in [1.807, 2.05) is 6.08 Å². The zero-order valence-electron chi connectivity index (χ0n) is 5.75. The number of hydrogen-bond acceptors (Lipinski definition) is 2. The number of ether oxygens (including phenoxy) is 1. The van der Waals surface area contributed by atoms with Crippen LogP contribution in [0.2, 0.25) is 0 Å². The topological polar surface area (TPSA) is 26.3 Å². The van der Waals surface area contributed by atoms with E-state index < -0.39 is 0 Å². The summed E-state index contributed by atoms with van der Waals surface area (Å²) in [5.74, 6) is 0.352. The van der Waals surface area contributed by atoms with Crippen LogP contribution < -0.4 is 0 Å². The second-order valence-corrected chi connectivity index (χ2v) is 2.91. The Morgan fingerprint density at radius 2 is 2.40 bits per heavy atom. The molecule has 2 heteroatoms. The Labute approximate surface area is 59.9 Å². The quantitative estimate of drug-likeness (QED) is 0.468.